The van der Waals surface area contributed by atoms with Gasteiger partial charge in [-0.15, -0.1) is 0 Å². The zero-order valence-electron chi connectivity index (χ0n) is 13.3. The average molecular weight is 308 g/mol. The smallest absolute Gasteiger partial charge is 0.323 e. The summed E-state index contributed by atoms with van der Waals surface area (Å²) in [5, 5.41) is 16.1. The summed E-state index contributed by atoms with van der Waals surface area (Å²) in [5.41, 5.74) is 0. The van der Waals surface area contributed by atoms with Gasteiger partial charge in [0.05, 0.1) is 18.2 Å². The number of rotatable bonds is 5. The summed E-state index contributed by atoms with van der Waals surface area (Å²) < 4.78 is 1.81. The zero-order chi connectivity index (χ0) is 16.3. The molecule has 2 amide bonds. The highest BCUT2D eigenvalue weighted by molar-refractivity contribution is 5.89. The zero-order valence-corrected chi connectivity index (χ0v) is 13.3. The minimum absolute atomic E-state index is 0.190. The van der Waals surface area contributed by atoms with E-state index in [9.17, 15) is 9.59 Å². The Hall–Kier alpha value is -2.05. The predicted molar refractivity (Wildman–Crippen MR) is 82.7 cm³/mol. The number of anilines is 1. The molecular weight excluding hydrogens is 284 g/mol. The van der Waals surface area contributed by atoms with E-state index >= 15 is 0 Å². The molecule has 1 aromatic heterocycles. The topological polar surface area (TPSA) is 87.5 Å². The summed E-state index contributed by atoms with van der Waals surface area (Å²) in [6.07, 6.45) is 3.14. The van der Waals surface area contributed by atoms with Crippen LogP contribution in [-0.2, 0) is 4.79 Å². The fourth-order valence-electron chi connectivity index (χ4n) is 2.88. The largest absolute Gasteiger partial charge is 0.481 e. The van der Waals surface area contributed by atoms with E-state index in [-0.39, 0.29) is 18.6 Å². The molecule has 0 aromatic carbocycles. The molecule has 2 unspecified atom stereocenters. The van der Waals surface area contributed by atoms with Crippen molar-refractivity contribution in [1.82, 2.24) is 14.7 Å². The van der Waals surface area contributed by atoms with E-state index in [1.165, 1.54) is 0 Å². The van der Waals surface area contributed by atoms with Crippen LogP contribution < -0.4 is 5.32 Å². The molecule has 2 heterocycles. The first-order valence-electron chi connectivity index (χ1n) is 7.70. The molecular formula is C15H24N4O3. The van der Waals surface area contributed by atoms with E-state index in [2.05, 4.69) is 31.2 Å². The van der Waals surface area contributed by atoms with Crippen molar-refractivity contribution in [1.29, 1.82) is 0 Å². The molecule has 7 nitrogen and oxygen atoms in total. The van der Waals surface area contributed by atoms with Gasteiger partial charge in [-0.05, 0) is 25.7 Å². The third-order valence-corrected chi connectivity index (χ3v) is 3.96. The molecule has 0 spiro atoms. The Morgan fingerprint density at radius 3 is 2.77 bits per heavy atom. The van der Waals surface area contributed by atoms with Crippen LogP contribution in [0, 0.1) is 11.8 Å². The van der Waals surface area contributed by atoms with E-state index in [1.807, 2.05) is 4.68 Å². The Balaban J connectivity index is 1.98. The fourth-order valence-corrected chi connectivity index (χ4v) is 2.88. The summed E-state index contributed by atoms with van der Waals surface area (Å²) >= 11 is 0. The van der Waals surface area contributed by atoms with E-state index in [0.717, 1.165) is 6.42 Å². The minimum atomic E-state index is -0.842. The lowest BCUT2D eigenvalue weighted by atomic mass is 10.1. The van der Waals surface area contributed by atoms with Crippen molar-refractivity contribution in [2.24, 2.45) is 11.8 Å². The lowest BCUT2D eigenvalue weighted by Crippen LogP contribution is -2.34. The van der Waals surface area contributed by atoms with Crippen molar-refractivity contribution in [3.63, 3.8) is 0 Å². The van der Waals surface area contributed by atoms with Gasteiger partial charge in [0.1, 0.15) is 5.82 Å². The maximum Gasteiger partial charge on any atom is 0.323 e. The molecule has 0 aliphatic carbocycles. The monoisotopic (exact) mass is 308 g/mol. The molecule has 1 aromatic rings. The molecule has 2 atom stereocenters. The van der Waals surface area contributed by atoms with Crippen LogP contribution in [0.1, 0.15) is 39.7 Å². The van der Waals surface area contributed by atoms with E-state index in [1.54, 1.807) is 17.2 Å². The lowest BCUT2D eigenvalue weighted by molar-refractivity contribution is -0.141. The predicted octanol–water partition coefficient (Wildman–Crippen LogP) is 2.43. The molecule has 122 valence electrons. The standard InChI is InChI=1S/C15H24N4O3/c1-10(2)8-11(3)19-13(4-6-16-19)17-15(22)18-7-5-12(9-18)14(20)21/h4,6,10-12H,5,7-9H2,1-3H3,(H,17,22)(H,20,21). The number of aliphatic carboxylic acids is 1. The Morgan fingerprint density at radius 1 is 1.45 bits per heavy atom. The second-order valence-corrected chi connectivity index (χ2v) is 6.34. The van der Waals surface area contributed by atoms with Gasteiger partial charge in [-0.25, -0.2) is 9.48 Å². The highest BCUT2D eigenvalue weighted by Gasteiger charge is 2.31. The Kier molecular flexibility index (Phi) is 5.05. The van der Waals surface area contributed by atoms with Gasteiger partial charge < -0.3 is 10.0 Å². The first-order valence-corrected chi connectivity index (χ1v) is 7.70. The van der Waals surface area contributed by atoms with Crippen molar-refractivity contribution >= 4 is 17.8 Å². The van der Waals surface area contributed by atoms with Gasteiger partial charge in [-0.1, -0.05) is 13.8 Å². The van der Waals surface area contributed by atoms with Gasteiger partial charge in [0.25, 0.3) is 0 Å². The summed E-state index contributed by atoms with van der Waals surface area (Å²) in [7, 11) is 0. The Morgan fingerprint density at radius 2 is 2.18 bits per heavy atom. The van der Waals surface area contributed by atoms with Gasteiger partial charge in [-0.2, -0.15) is 5.10 Å². The van der Waals surface area contributed by atoms with Crippen LogP contribution in [0.5, 0.6) is 0 Å². The number of amides is 2. The molecule has 22 heavy (non-hydrogen) atoms. The fraction of sp³-hybridized carbons (Fsp3) is 0.667. The van der Waals surface area contributed by atoms with E-state index < -0.39 is 11.9 Å². The van der Waals surface area contributed by atoms with Gasteiger partial charge in [-0.3, -0.25) is 10.1 Å². The quantitative estimate of drug-likeness (QED) is 0.874. The third-order valence-electron chi connectivity index (χ3n) is 3.96. The van der Waals surface area contributed by atoms with Crippen LogP contribution in [0.2, 0.25) is 0 Å². The van der Waals surface area contributed by atoms with Gasteiger partial charge in [0.2, 0.25) is 0 Å². The Bertz CT molecular complexity index is 541. The first kappa shape index (κ1) is 16.3. The number of nitrogens with one attached hydrogen (secondary N) is 1. The van der Waals surface area contributed by atoms with Gasteiger partial charge in [0, 0.05) is 19.2 Å². The SMILES string of the molecule is CC(C)CC(C)n1nccc1NC(=O)N1CCC(C(=O)O)C1. The Labute approximate surface area is 130 Å². The molecule has 1 aliphatic heterocycles. The first-order chi connectivity index (χ1) is 10.4. The van der Waals surface area contributed by atoms with Gasteiger partial charge in [0.15, 0.2) is 0 Å². The van der Waals surface area contributed by atoms with E-state index in [0.29, 0.717) is 24.7 Å². The molecule has 2 rings (SSSR count). The van der Waals surface area contributed by atoms with Gasteiger partial charge >= 0.3 is 12.0 Å². The summed E-state index contributed by atoms with van der Waals surface area (Å²) in [5.74, 6) is -0.115. The van der Waals surface area contributed by atoms with Crippen molar-refractivity contribution in [2.45, 2.75) is 39.7 Å². The van der Waals surface area contributed by atoms with Crippen LogP contribution in [-0.4, -0.2) is 44.9 Å². The molecule has 1 fully saturated rings. The molecule has 0 radical (unpaired) electrons. The summed E-state index contributed by atoms with van der Waals surface area (Å²) in [4.78, 5) is 24.8. The number of carbonyl (C=O) groups is 2. The number of nitrogens with zero attached hydrogens (tertiary/aromatic N) is 3. The second kappa shape index (κ2) is 6.81. The van der Waals surface area contributed by atoms with Crippen LogP contribution in [0.4, 0.5) is 10.6 Å². The minimum Gasteiger partial charge on any atom is -0.481 e. The number of hydrogen-bond donors (Lipinski definition) is 2. The molecule has 1 saturated heterocycles. The molecule has 7 heteroatoms. The second-order valence-electron chi connectivity index (χ2n) is 6.34. The number of carbonyl (C=O) groups excluding carboxylic acids is 1. The number of hydrogen-bond acceptors (Lipinski definition) is 3. The number of carboxylic acid groups (broad SMARTS) is 1. The van der Waals surface area contributed by atoms with Crippen LogP contribution in [0.15, 0.2) is 12.3 Å². The normalized spacial score (nSPS) is 19.5. The van der Waals surface area contributed by atoms with Crippen molar-refractivity contribution < 1.29 is 14.7 Å². The number of urea groups is 1. The maximum absolute atomic E-state index is 12.3. The number of carboxylic acids is 1. The summed E-state index contributed by atoms with van der Waals surface area (Å²) in [6.45, 7) is 7.09. The number of aromatic nitrogens is 2. The third kappa shape index (κ3) is 3.78. The molecule has 2 N–H and O–H groups in total. The van der Waals surface area contributed by atoms with Crippen molar-refractivity contribution in [2.75, 3.05) is 18.4 Å². The van der Waals surface area contributed by atoms with Crippen molar-refractivity contribution in [3.05, 3.63) is 12.3 Å². The van der Waals surface area contributed by atoms with Crippen LogP contribution in [0.25, 0.3) is 0 Å². The molecule has 0 bridgehead atoms. The highest BCUT2D eigenvalue weighted by atomic mass is 16.4. The molecule has 1 aliphatic rings. The molecule has 0 saturated carbocycles. The van der Waals surface area contributed by atoms with Crippen LogP contribution >= 0.6 is 0 Å². The highest BCUT2D eigenvalue weighted by Crippen LogP contribution is 2.22. The average Bonchev–Trinajstić information content (AvgIpc) is 3.06. The summed E-state index contributed by atoms with van der Waals surface area (Å²) in [6, 6.07) is 1.69. The maximum atomic E-state index is 12.3. The number of likely N-dealkylation sites (tertiary alicyclic amines) is 1. The van der Waals surface area contributed by atoms with Crippen molar-refractivity contribution in [3.8, 4) is 0 Å². The van der Waals surface area contributed by atoms with E-state index in [4.69, 9.17) is 5.11 Å². The van der Waals surface area contributed by atoms with Crippen LogP contribution in [0.3, 0.4) is 0 Å². The lowest BCUT2D eigenvalue weighted by Gasteiger charge is -2.20.